The van der Waals surface area contributed by atoms with Crippen LogP contribution in [0.4, 0.5) is 0 Å². The quantitative estimate of drug-likeness (QED) is 0.569. The highest BCUT2D eigenvalue weighted by molar-refractivity contribution is 14.1. The molecule has 19 heavy (non-hydrogen) atoms. The topological polar surface area (TPSA) is 0 Å². The molecule has 2 aromatic carbocycles. The van der Waals surface area contributed by atoms with Crippen LogP contribution in [-0.4, -0.2) is 0 Å². The summed E-state index contributed by atoms with van der Waals surface area (Å²) in [5.41, 5.74) is 5.72. The summed E-state index contributed by atoms with van der Waals surface area (Å²) in [4.78, 5) is 0. The highest BCUT2D eigenvalue weighted by atomic mass is 127. The molecule has 0 aromatic heterocycles. The van der Waals surface area contributed by atoms with Crippen LogP contribution in [0, 0.1) is 3.57 Å². The SMILES string of the molecule is CC(C)c1cccc(C(C)C)c1-c1ccccc1I. The van der Waals surface area contributed by atoms with Gasteiger partial charge in [-0.2, -0.15) is 0 Å². The van der Waals surface area contributed by atoms with Crippen molar-refractivity contribution in [2.75, 3.05) is 0 Å². The van der Waals surface area contributed by atoms with Gasteiger partial charge < -0.3 is 0 Å². The first-order chi connectivity index (χ1) is 9.02. The van der Waals surface area contributed by atoms with Gasteiger partial charge in [-0.25, -0.2) is 0 Å². The van der Waals surface area contributed by atoms with Crippen LogP contribution in [0.15, 0.2) is 42.5 Å². The van der Waals surface area contributed by atoms with E-state index in [1.54, 1.807) is 0 Å². The normalized spacial score (nSPS) is 11.3. The number of hydrogen-bond acceptors (Lipinski definition) is 0. The first kappa shape index (κ1) is 14.6. The second kappa shape index (κ2) is 6.08. The van der Waals surface area contributed by atoms with Crippen LogP contribution in [0.5, 0.6) is 0 Å². The molecule has 0 heterocycles. The van der Waals surface area contributed by atoms with E-state index >= 15 is 0 Å². The van der Waals surface area contributed by atoms with E-state index < -0.39 is 0 Å². The van der Waals surface area contributed by atoms with Gasteiger partial charge >= 0.3 is 0 Å². The summed E-state index contributed by atoms with van der Waals surface area (Å²) in [5.74, 6) is 1.09. The van der Waals surface area contributed by atoms with Gasteiger partial charge in [-0.05, 0) is 62.7 Å². The third-order valence-corrected chi connectivity index (χ3v) is 4.46. The van der Waals surface area contributed by atoms with Crippen LogP contribution in [0.3, 0.4) is 0 Å². The number of benzene rings is 2. The highest BCUT2D eigenvalue weighted by Gasteiger charge is 2.16. The van der Waals surface area contributed by atoms with E-state index in [4.69, 9.17) is 0 Å². The molecule has 0 atom stereocenters. The average molecular weight is 364 g/mol. The van der Waals surface area contributed by atoms with Crippen molar-refractivity contribution in [3.05, 3.63) is 57.2 Å². The molecule has 0 aliphatic rings. The van der Waals surface area contributed by atoms with Crippen LogP contribution in [0.2, 0.25) is 0 Å². The second-order valence-electron chi connectivity index (χ2n) is 5.60. The van der Waals surface area contributed by atoms with Gasteiger partial charge in [0.1, 0.15) is 0 Å². The molecule has 0 fully saturated rings. The molecule has 0 saturated carbocycles. The first-order valence-corrected chi connectivity index (χ1v) is 7.98. The van der Waals surface area contributed by atoms with Gasteiger partial charge in [0.2, 0.25) is 0 Å². The van der Waals surface area contributed by atoms with Crippen molar-refractivity contribution < 1.29 is 0 Å². The number of rotatable bonds is 3. The molecule has 0 unspecified atom stereocenters. The minimum atomic E-state index is 0.546. The van der Waals surface area contributed by atoms with E-state index in [1.165, 1.54) is 25.8 Å². The molecule has 0 amide bonds. The fourth-order valence-electron chi connectivity index (χ4n) is 2.53. The van der Waals surface area contributed by atoms with Crippen molar-refractivity contribution in [1.82, 2.24) is 0 Å². The minimum Gasteiger partial charge on any atom is -0.0617 e. The van der Waals surface area contributed by atoms with Gasteiger partial charge in [-0.3, -0.25) is 0 Å². The van der Waals surface area contributed by atoms with Gasteiger partial charge in [-0.1, -0.05) is 64.1 Å². The minimum absolute atomic E-state index is 0.546. The third kappa shape index (κ3) is 3.02. The van der Waals surface area contributed by atoms with Crippen molar-refractivity contribution >= 4 is 22.6 Å². The van der Waals surface area contributed by atoms with Crippen molar-refractivity contribution in [2.45, 2.75) is 39.5 Å². The molecular weight excluding hydrogens is 343 g/mol. The Kier molecular flexibility index (Phi) is 4.67. The molecule has 0 bridgehead atoms. The maximum atomic E-state index is 2.44. The lowest BCUT2D eigenvalue weighted by Gasteiger charge is -2.20. The fourth-order valence-corrected chi connectivity index (χ4v) is 3.18. The lowest BCUT2D eigenvalue weighted by atomic mass is 9.85. The predicted molar refractivity (Wildman–Crippen MR) is 92.8 cm³/mol. The molecule has 0 aliphatic heterocycles. The van der Waals surface area contributed by atoms with Crippen molar-refractivity contribution in [3.63, 3.8) is 0 Å². The maximum Gasteiger partial charge on any atom is 0.0208 e. The Morgan fingerprint density at radius 1 is 0.737 bits per heavy atom. The summed E-state index contributed by atoms with van der Waals surface area (Å²) in [6, 6.07) is 15.4. The van der Waals surface area contributed by atoms with Crippen LogP contribution in [0.1, 0.15) is 50.7 Å². The van der Waals surface area contributed by atoms with E-state index in [9.17, 15) is 0 Å². The molecule has 0 radical (unpaired) electrons. The van der Waals surface area contributed by atoms with E-state index in [1.807, 2.05) is 0 Å². The molecule has 0 nitrogen and oxygen atoms in total. The summed E-state index contributed by atoms with van der Waals surface area (Å²) in [6.07, 6.45) is 0. The van der Waals surface area contributed by atoms with Crippen LogP contribution >= 0.6 is 22.6 Å². The summed E-state index contributed by atoms with van der Waals surface area (Å²) < 4.78 is 1.33. The predicted octanol–water partition coefficient (Wildman–Crippen LogP) is 6.21. The molecule has 0 N–H and O–H groups in total. The summed E-state index contributed by atoms with van der Waals surface area (Å²) in [6.45, 7) is 9.11. The average Bonchev–Trinajstić information content (AvgIpc) is 2.38. The van der Waals surface area contributed by atoms with E-state index in [0.29, 0.717) is 11.8 Å². The highest BCUT2D eigenvalue weighted by Crippen LogP contribution is 2.37. The Labute approximate surface area is 130 Å². The monoisotopic (exact) mass is 364 g/mol. The Bertz CT molecular complexity index is 541. The molecular formula is C18H21I. The Morgan fingerprint density at radius 3 is 1.74 bits per heavy atom. The second-order valence-corrected chi connectivity index (χ2v) is 6.76. The molecule has 2 aromatic rings. The smallest absolute Gasteiger partial charge is 0.0208 e. The van der Waals surface area contributed by atoms with Crippen molar-refractivity contribution in [2.24, 2.45) is 0 Å². The zero-order valence-corrected chi connectivity index (χ0v) is 14.2. The molecule has 2 rings (SSSR count). The molecule has 0 spiro atoms. The van der Waals surface area contributed by atoms with Crippen molar-refractivity contribution in [3.8, 4) is 11.1 Å². The largest absolute Gasteiger partial charge is 0.0617 e. The summed E-state index contributed by atoms with van der Waals surface area (Å²) in [5, 5.41) is 0. The standard InChI is InChI=1S/C18H21I/c1-12(2)14-9-7-10-15(13(3)4)18(14)16-8-5-6-11-17(16)19/h5-13H,1-4H3. The number of hydrogen-bond donors (Lipinski definition) is 0. The van der Waals surface area contributed by atoms with Gasteiger partial charge in [0.25, 0.3) is 0 Å². The van der Waals surface area contributed by atoms with E-state index in [0.717, 1.165) is 0 Å². The summed E-state index contributed by atoms with van der Waals surface area (Å²) in [7, 11) is 0. The number of halogens is 1. The zero-order chi connectivity index (χ0) is 14.0. The van der Waals surface area contributed by atoms with Crippen LogP contribution < -0.4 is 0 Å². The maximum absolute atomic E-state index is 2.44. The van der Waals surface area contributed by atoms with Crippen molar-refractivity contribution in [1.29, 1.82) is 0 Å². The van der Waals surface area contributed by atoms with Gasteiger partial charge in [-0.15, -0.1) is 0 Å². The van der Waals surface area contributed by atoms with Gasteiger partial charge in [0, 0.05) is 3.57 Å². The Morgan fingerprint density at radius 2 is 1.26 bits per heavy atom. The van der Waals surface area contributed by atoms with E-state index in [-0.39, 0.29) is 0 Å². The van der Waals surface area contributed by atoms with Crippen LogP contribution in [0.25, 0.3) is 11.1 Å². The molecule has 100 valence electrons. The van der Waals surface area contributed by atoms with Gasteiger partial charge in [0.05, 0.1) is 0 Å². The van der Waals surface area contributed by atoms with E-state index in [2.05, 4.69) is 92.8 Å². The lowest BCUT2D eigenvalue weighted by molar-refractivity contribution is 0.838. The molecule has 0 saturated heterocycles. The van der Waals surface area contributed by atoms with Gasteiger partial charge in [0.15, 0.2) is 0 Å². The first-order valence-electron chi connectivity index (χ1n) is 6.90. The summed E-state index contributed by atoms with van der Waals surface area (Å²) >= 11 is 2.44. The Balaban J connectivity index is 2.76. The lowest BCUT2D eigenvalue weighted by Crippen LogP contribution is -2.00. The third-order valence-electron chi connectivity index (χ3n) is 3.52. The van der Waals surface area contributed by atoms with Crippen LogP contribution in [-0.2, 0) is 0 Å². The molecule has 0 aliphatic carbocycles. The molecule has 1 heteroatoms. The Hall–Kier alpha value is -0.830. The zero-order valence-electron chi connectivity index (χ0n) is 12.1. The fraction of sp³-hybridized carbons (Fsp3) is 0.333.